The molecule has 0 spiro atoms. The molecule has 77 heavy (non-hydrogen) atoms. The number of benzene rings is 4. The molecular formula is C74H110N2Pd. The second kappa shape index (κ2) is 43.9. The predicted molar refractivity (Wildman–Crippen MR) is 336 cm³/mol. The Kier molecular flexibility index (Phi) is 37.4. The van der Waals surface area contributed by atoms with Crippen LogP contribution in [0.1, 0.15) is 278 Å². The van der Waals surface area contributed by atoms with Crippen LogP contribution in [0.2, 0.25) is 0 Å². The Morgan fingerprint density at radius 2 is 0.766 bits per heavy atom. The minimum absolute atomic E-state index is 0.793. The maximum absolute atomic E-state index is 12.5. The standard InChI is InChI=1S/C60H96N2.2C7H7.Pd/c1-6-11-16-20-22-24-26-28-30-32-34-36-40-52-45-47-54(43-38-18-13-8-3)57(49-52)59-51-56(42-15-10-5)60(62(59)61)58-50-53(46-48-55(58)44-39-19-14-9-4)41-37-35-33-31-29-27-25-23-21-17-12-7-2;2*1-7-5-3-2-4-6-7;/h13-14,18-19,45-51H,6-12,15-17,20-44H2,1-5H3;2*2-6H,1H2;. The summed E-state index contributed by atoms with van der Waals surface area (Å²) < 4.78 is 1.62. The van der Waals surface area contributed by atoms with E-state index in [1.165, 1.54) is 214 Å². The molecule has 0 bridgehead atoms. The van der Waals surface area contributed by atoms with Crippen molar-refractivity contribution >= 4 is 11.4 Å². The zero-order chi connectivity index (χ0) is 54.6. The van der Waals surface area contributed by atoms with E-state index in [4.69, 9.17) is 0 Å². The Hall–Kier alpha value is -3.90. The van der Waals surface area contributed by atoms with Gasteiger partial charge in [0.2, 0.25) is 11.4 Å². The van der Waals surface area contributed by atoms with Crippen LogP contribution in [-0.4, -0.2) is 4.70 Å². The summed E-state index contributed by atoms with van der Waals surface area (Å²) in [5.74, 6) is 0. The molecule has 1 heterocycles. The Balaban J connectivity index is 0.000000724. The van der Waals surface area contributed by atoms with Gasteiger partial charge in [-0.05, 0) is 111 Å². The van der Waals surface area contributed by atoms with Gasteiger partial charge >= 0.3 is 99.6 Å². The fraction of sp³-hybridized carbons (Fsp3) is 0.568. The quantitative estimate of drug-likeness (QED) is 0.0183. The van der Waals surface area contributed by atoms with Crippen LogP contribution in [0, 0.1) is 0 Å². The first-order valence-electron chi connectivity index (χ1n) is 32.0. The van der Waals surface area contributed by atoms with Crippen LogP contribution in [-0.2, 0) is 53.5 Å². The molecule has 2 nitrogen and oxygen atoms in total. The van der Waals surface area contributed by atoms with Gasteiger partial charge in [0.05, 0.1) is 0 Å². The molecule has 1 aliphatic heterocycles. The summed E-state index contributed by atoms with van der Waals surface area (Å²) in [6, 6.07) is 35.9. The van der Waals surface area contributed by atoms with Crippen LogP contribution in [0.25, 0.3) is 16.9 Å². The van der Waals surface area contributed by atoms with Gasteiger partial charge in [-0.15, -0.1) is 0 Å². The second-order valence-electron chi connectivity index (χ2n) is 22.3. The SMILES string of the molecule is CCC=CCCc1ccc(CCCCCCCCCCCCCC)cc1C1=CC(CCCC)=C(c2cc(CCCCCCCCCCCCCC)ccc2CCC=CCC)[N+]1=[N-].c1ccc([CH2][Pd][CH2]c2ccccc2)cc1. The Labute approximate surface area is 483 Å². The number of unbranched alkanes of at least 4 members (excludes halogenated alkanes) is 23. The summed E-state index contributed by atoms with van der Waals surface area (Å²) in [5, 5.41) is 0. The molecule has 0 fully saturated rings. The van der Waals surface area contributed by atoms with Crippen molar-refractivity contribution in [1.82, 2.24) is 0 Å². The van der Waals surface area contributed by atoms with Crippen LogP contribution in [0.5, 0.6) is 0 Å². The number of hydrogen-bond acceptors (Lipinski definition) is 0. The van der Waals surface area contributed by atoms with Gasteiger partial charge in [-0.25, -0.2) is 4.70 Å². The fourth-order valence-electron chi connectivity index (χ4n) is 10.8. The topological polar surface area (TPSA) is 25.3 Å². The molecule has 0 saturated carbocycles. The van der Waals surface area contributed by atoms with Crippen LogP contribution in [0.3, 0.4) is 0 Å². The first-order chi connectivity index (χ1) is 38.0. The van der Waals surface area contributed by atoms with E-state index in [0.717, 1.165) is 100 Å². The number of aryl methyl sites for hydroxylation is 4. The second-order valence-corrected chi connectivity index (χ2v) is 24.1. The summed E-state index contributed by atoms with van der Waals surface area (Å²) in [5.41, 5.74) is 26.7. The van der Waals surface area contributed by atoms with E-state index in [-0.39, 0.29) is 0 Å². The third-order valence-electron chi connectivity index (χ3n) is 15.4. The first kappa shape index (κ1) is 65.6. The fourth-order valence-corrected chi connectivity index (χ4v) is 12.6. The Morgan fingerprint density at radius 1 is 0.377 bits per heavy atom. The van der Waals surface area contributed by atoms with Gasteiger partial charge in [0, 0.05) is 22.8 Å². The van der Waals surface area contributed by atoms with Crippen molar-refractivity contribution in [3.05, 3.63) is 183 Å². The molecule has 3 heteroatoms. The zero-order valence-electron chi connectivity index (χ0n) is 50.0. The molecule has 0 saturated heterocycles. The van der Waals surface area contributed by atoms with E-state index in [0.29, 0.717) is 0 Å². The summed E-state index contributed by atoms with van der Waals surface area (Å²) >= 11 is 0.793. The molecule has 0 atom stereocenters. The van der Waals surface area contributed by atoms with Crippen molar-refractivity contribution in [3.8, 4) is 0 Å². The molecule has 0 unspecified atom stereocenters. The molecule has 1 aliphatic rings. The third kappa shape index (κ3) is 28.2. The van der Waals surface area contributed by atoms with Gasteiger partial charge < -0.3 is 5.53 Å². The molecule has 0 aliphatic carbocycles. The molecule has 426 valence electrons. The van der Waals surface area contributed by atoms with E-state index < -0.39 is 0 Å². The van der Waals surface area contributed by atoms with Crippen LogP contribution in [0.15, 0.2) is 133 Å². The van der Waals surface area contributed by atoms with Crippen molar-refractivity contribution in [2.75, 3.05) is 0 Å². The normalized spacial score (nSPS) is 12.6. The molecule has 5 rings (SSSR count). The maximum atomic E-state index is 12.5. The van der Waals surface area contributed by atoms with Gasteiger partial charge in [-0.2, -0.15) is 0 Å². The summed E-state index contributed by atoms with van der Waals surface area (Å²) in [7, 11) is 0. The van der Waals surface area contributed by atoms with Crippen molar-refractivity contribution in [2.24, 2.45) is 0 Å². The van der Waals surface area contributed by atoms with Crippen molar-refractivity contribution < 1.29 is 22.7 Å². The molecule has 4 aromatic rings. The van der Waals surface area contributed by atoms with Crippen LogP contribution >= 0.6 is 0 Å². The van der Waals surface area contributed by atoms with Gasteiger partial charge in [0.1, 0.15) is 0 Å². The van der Waals surface area contributed by atoms with Gasteiger partial charge in [0.25, 0.3) is 0 Å². The summed E-state index contributed by atoms with van der Waals surface area (Å²) in [6.45, 7) is 11.3. The molecule has 0 aromatic heterocycles. The average molecular weight is 1130 g/mol. The minimum atomic E-state index is 0.793. The first-order valence-corrected chi connectivity index (χ1v) is 34.2. The Morgan fingerprint density at radius 3 is 1.18 bits per heavy atom. The number of allylic oxidation sites excluding steroid dienone is 6. The molecule has 0 amide bonds. The van der Waals surface area contributed by atoms with Crippen molar-refractivity contribution in [1.29, 1.82) is 0 Å². The third-order valence-corrected chi connectivity index (χ3v) is 17.5. The molecule has 4 aromatic carbocycles. The number of hydrogen-bond donors (Lipinski definition) is 0. The van der Waals surface area contributed by atoms with E-state index in [1.807, 2.05) is 0 Å². The van der Waals surface area contributed by atoms with Crippen LogP contribution < -0.4 is 0 Å². The summed E-state index contributed by atoms with van der Waals surface area (Å²) in [4.78, 5) is 2.45. The van der Waals surface area contributed by atoms with Gasteiger partial charge in [-0.3, -0.25) is 0 Å². The number of rotatable bonds is 43. The van der Waals surface area contributed by atoms with E-state index >= 15 is 0 Å². The van der Waals surface area contributed by atoms with E-state index in [2.05, 4.69) is 162 Å². The number of nitrogens with zero attached hydrogens (tertiary/aromatic N) is 2. The molecular weight excluding hydrogens is 1020 g/mol. The molecule has 0 N–H and O–H groups in total. The predicted octanol–water partition coefficient (Wildman–Crippen LogP) is 23.4. The average Bonchev–Trinajstić information content (AvgIpc) is 3.80. The summed E-state index contributed by atoms with van der Waals surface area (Å²) in [6.07, 6.45) is 56.3. The van der Waals surface area contributed by atoms with Crippen LogP contribution in [0.4, 0.5) is 0 Å². The van der Waals surface area contributed by atoms with E-state index in [9.17, 15) is 5.53 Å². The zero-order valence-corrected chi connectivity index (χ0v) is 51.6. The van der Waals surface area contributed by atoms with Crippen molar-refractivity contribution in [3.63, 3.8) is 0 Å². The monoisotopic (exact) mass is 1130 g/mol. The Bertz CT molecular complexity index is 2210. The molecule has 0 radical (unpaired) electrons. The van der Waals surface area contributed by atoms with Gasteiger partial charge in [0.15, 0.2) is 0 Å². The van der Waals surface area contributed by atoms with Gasteiger partial charge in [-0.1, -0.05) is 231 Å². The van der Waals surface area contributed by atoms with Crippen molar-refractivity contribution in [2.45, 2.75) is 269 Å². The van der Waals surface area contributed by atoms with E-state index in [1.54, 1.807) is 4.70 Å².